The molecule has 0 aliphatic rings. The number of likely N-dealkylation sites (N-methyl/N-ethyl adjacent to an activating group) is 1. The maximum atomic E-state index is 12.2. The minimum absolute atomic E-state index is 0.0956. The van der Waals surface area contributed by atoms with Gasteiger partial charge in [-0.3, -0.25) is 9.59 Å². The van der Waals surface area contributed by atoms with Crippen LogP contribution in [0.4, 0.5) is 14.5 Å². The Kier molecular flexibility index (Phi) is 6.90. The minimum atomic E-state index is -2.96. The highest BCUT2D eigenvalue weighted by atomic mass is 19.3. The van der Waals surface area contributed by atoms with E-state index < -0.39 is 12.5 Å². The summed E-state index contributed by atoms with van der Waals surface area (Å²) in [6.07, 6.45) is 0. The van der Waals surface area contributed by atoms with Crippen LogP contribution in [0.2, 0.25) is 0 Å². The zero-order chi connectivity index (χ0) is 18.9. The first-order chi connectivity index (χ1) is 12.5. The Labute approximate surface area is 149 Å². The lowest BCUT2D eigenvalue weighted by molar-refractivity contribution is -0.122. The van der Waals surface area contributed by atoms with Gasteiger partial charge in [-0.25, -0.2) is 0 Å². The third-order valence-electron chi connectivity index (χ3n) is 3.18. The molecule has 0 unspecified atom stereocenters. The molecule has 0 saturated heterocycles. The zero-order valence-electron chi connectivity index (χ0n) is 14.0. The fourth-order valence-corrected chi connectivity index (χ4v) is 2.05. The Bertz CT molecular complexity index is 751. The average molecular weight is 364 g/mol. The molecule has 2 aromatic carbocycles. The van der Waals surface area contributed by atoms with E-state index in [-0.39, 0.29) is 23.8 Å². The van der Waals surface area contributed by atoms with E-state index >= 15 is 0 Å². The predicted molar refractivity (Wildman–Crippen MR) is 91.6 cm³/mol. The molecule has 2 aromatic rings. The van der Waals surface area contributed by atoms with Crippen LogP contribution in [0.5, 0.6) is 11.5 Å². The third kappa shape index (κ3) is 6.04. The Morgan fingerprint density at radius 3 is 2.46 bits per heavy atom. The van der Waals surface area contributed by atoms with Crippen LogP contribution in [-0.2, 0) is 4.79 Å². The first-order valence-electron chi connectivity index (χ1n) is 7.83. The van der Waals surface area contributed by atoms with Crippen molar-refractivity contribution in [3.63, 3.8) is 0 Å². The van der Waals surface area contributed by atoms with Crippen LogP contribution < -0.4 is 20.1 Å². The van der Waals surface area contributed by atoms with Crippen molar-refractivity contribution in [2.75, 3.05) is 18.5 Å². The van der Waals surface area contributed by atoms with E-state index in [4.69, 9.17) is 4.74 Å². The van der Waals surface area contributed by atoms with Crippen molar-refractivity contribution in [2.24, 2.45) is 0 Å². The Morgan fingerprint density at radius 2 is 1.81 bits per heavy atom. The Morgan fingerprint density at radius 1 is 1.08 bits per heavy atom. The molecule has 26 heavy (non-hydrogen) atoms. The maximum Gasteiger partial charge on any atom is 0.387 e. The first-order valence-corrected chi connectivity index (χ1v) is 7.83. The SMILES string of the molecule is CCNC(=O)COc1ccc(NC(=O)c2cccc(OC(F)F)c2)cc1. The molecule has 0 bridgehead atoms. The molecule has 2 N–H and O–H groups in total. The molecule has 138 valence electrons. The number of hydrogen-bond donors (Lipinski definition) is 2. The fraction of sp³-hybridized carbons (Fsp3) is 0.222. The van der Waals surface area contributed by atoms with Gasteiger partial charge in [-0.1, -0.05) is 6.07 Å². The highest BCUT2D eigenvalue weighted by Gasteiger charge is 2.10. The van der Waals surface area contributed by atoms with Gasteiger partial charge in [0.05, 0.1) is 0 Å². The molecule has 0 radical (unpaired) electrons. The van der Waals surface area contributed by atoms with Gasteiger partial charge in [-0.15, -0.1) is 0 Å². The lowest BCUT2D eigenvalue weighted by atomic mass is 10.2. The molecule has 0 aliphatic heterocycles. The number of carbonyl (C=O) groups excluding carboxylic acids is 2. The van der Waals surface area contributed by atoms with Crippen molar-refractivity contribution < 1.29 is 27.8 Å². The molecule has 0 atom stereocenters. The minimum Gasteiger partial charge on any atom is -0.484 e. The smallest absolute Gasteiger partial charge is 0.387 e. The molecule has 0 aliphatic carbocycles. The van der Waals surface area contributed by atoms with Gasteiger partial charge in [0.15, 0.2) is 6.61 Å². The third-order valence-corrected chi connectivity index (χ3v) is 3.18. The number of ether oxygens (including phenoxy) is 2. The molecular weight excluding hydrogens is 346 g/mol. The number of rotatable bonds is 8. The number of alkyl halides is 2. The van der Waals surface area contributed by atoms with Gasteiger partial charge in [-0.05, 0) is 49.4 Å². The number of halogens is 2. The summed E-state index contributed by atoms with van der Waals surface area (Å²) in [7, 11) is 0. The number of amides is 2. The van der Waals surface area contributed by atoms with Crippen molar-refractivity contribution in [1.29, 1.82) is 0 Å². The van der Waals surface area contributed by atoms with E-state index in [1.165, 1.54) is 24.3 Å². The summed E-state index contributed by atoms with van der Waals surface area (Å²) in [6.45, 7) is -0.724. The lowest BCUT2D eigenvalue weighted by Gasteiger charge is -2.09. The summed E-state index contributed by atoms with van der Waals surface area (Å²) in [5.74, 6) is -0.320. The largest absolute Gasteiger partial charge is 0.484 e. The summed E-state index contributed by atoms with van der Waals surface area (Å²) < 4.78 is 34.0. The quantitative estimate of drug-likeness (QED) is 0.755. The zero-order valence-corrected chi connectivity index (χ0v) is 14.0. The van der Waals surface area contributed by atoms with Crippen molar-refractivity contribution in [3.8, 4) is 11.5 Å². The van der Waals surface area contributed by atoms with Crippen molar-refractivity contribution in [3.05, 3.63) is 54.1 Å². The monoisotopic (exact) mass is 364 g/mol. The number of hydrogen-bond acceptors (Lipinski definition) is 4. The first kappa shape index (κ1) is 19.2. The summed E-state index contributed by atoms with van der Waals surface area (Å²) in [4.78, 5) is 23.5. The maximum absolute atomic E-state index is 12.2. The highest BCUT2D eigenvalue weighted by Crippen LogP contribution is 2.19. The van der Waals surface area contributed by atoms with Crippen LogP contribution in [0.15, 0.2) is 48.5 Å². The molecule has 6 nitrogen and oxygen atoms in total. The summed E-state index contributed by atoms with van der Waals surface area (Å²) in [6, 6.07) is 11.9. The van der Waals surface area contributed by atoms with E-state index in [2.05, 4.69) is 15.4 Å². The summed E-state index contributed by atoms with van der Waals surface area (Å²) >= 11 is 0. The van der Waals surface area contributed by atoms with Gasteiger partial charge in [0.25, 0.3) is 11.8 Å². The fourth-order valence-electron chi connectivity index (χ4n) is 2.05. The predicted octanol–water partition coefficient (Wildman–Crippen LogP) is 3.06. The van der Waals surface area contributed by atoms with Crippen LogP contribution in [0, 0.1) is 0 Å². The number of carbonyl (C=O) groups is 2. The van der Waals surface area contributed by atoms with Crippen LogP contribution in [-0.4, -0.2) is 31.6 Å². The van der Waals surface area contributed by atoms with Gasteiger partial charge < -0.3 is 20.1 Å². The van der Waals surface area contributed by atoms with E-state index in [0.29, 0.717) is 18.0 Å². The van der Waals surface area contributed by atoms with Gasteiger partial charge in [0.2, 0.25) is 0 Å². The molecule has 2 amide bonds. The second-order valence-corrected chi connectivity index (χ2v) is 5.13. The van der Waals surface area contributed by atoms with Gasteiger partial charge in [-0.2, -0.15) is 8.78 Å². The standard InChI is InChI=1S/C18H18F2N2O4/c1-2-21-16(23)11-25-14-8-6-13(7-9-14)22-17(24)12-4-3-5-15(10-12)26-18(19)20/h3-10,18H,2,11H2,1H3,(H,21,23)(H,22,24). The molecule has 8 heteroatoms. The molecule has 0 fully saturated rings. The van der Waals surface area contributed by atoms with E-state index in [9.17, 15) is 18.4 Å². The van der Waals surface area contributed by atoms with Crippen molar-refractivity contribution >= 4 is 17.5 Å². The molecule has 2 rings (SSSR count). The van der Waals surface area contributed by atoms with E-state index in [1.54, 1.807) is 24.3 Å². The van der Waals surface area contributed by atoms with Crippen LogP contribution >= 0.6 is 0 Å². The summed E-state index contributed by atoms with van der Waals surface area (Å²) in [5.41, 5.74) is 0.667. The van der Waals surface area contributed by atoms with Gasteiger partial charge in [0.1, 0.15) is 11.5 Å². The molecule has 0 spiro atoms. The number of nitrogens with one attached hydrogen (secondary N) is 2. The average Bonchev–Trinajstić information content (AvgIpc) is 2.61. The second kappa shape index (κ2) is 9.36. The Hall–Kier alpha value is -3.16. The highest BCUT2D eigenvalue weighted by molar-refractivity contribution is 6.04. The van der Waals surface area contributed by atoms with Gasteiger partial charge in [0, 0.05) is 17.8 Å². The van der Waals surface area contributed by atoms with E-state index in [0.717, 1.165) is 0 Å². The number of benzene rings is 2. The molecule has 0 saturated carbocycles. The molecule has 0 heterocycles. The topological polar surface area (TPSA) is 76.7 Å². The van der Waals surface area contributed by atoms with Crippen molar-refractivity contribution in [2.45, 2.75) is 13.5 Å². The van der Waals surface area contributed by atoms with Crippen LogP contribution in [0.25, 0.3) is 0 Å². The van der Waals surface area contributed by atoms with Crippen LogP contribution in [0.1, 0.15) is 17.3 Å². The Balaban J connectivity index is 1.94. The van der Waals surface area contributed by atoms with Crippen LogP contribution in [0.3, 0.4) is 0 Å². The second-order valence-electron chi connectivity index (χ2n) is 5.13. The number of anilines is 1. The molecule has 0 aromatic heterocycles. The van der Waals surface area contributed by atoms with Gasteiger partial charge >= 0.3 is 6.61 Å². The lowest BCUT2D eigenvalue weighted by Crippen LogP contribution is -2.28. The van der Waals surface area contributed by atoms with E-state index in [1.807, 2.05) is 6.92 Å². The molecular formula is C18H18F2N2O4. The summed E-state index contributed by atoms with van der Waals surface area (Å²) in [5, 5.41) is 5.24. The van der Waals surface area contributed by atoms with Crippen molar-refractivity contribution in [1.82, 2.24) is 5.32 Å². The normalized spacial score (nSPS) is 10.3.